The van der Waals surface area contributed by atoms with Gasteiger partial charge in [0.1, 0.15) is 0 Å². The lowest BCUT2D eigenvalue weighted by atomic mass is 9.84. The van der Waals surface area contributed by atoms with Gasteiger partial charge in [0.05, 0.1) is 5.52 Å². The molecular formula is C17H24N2. The summed E-state index contributed by atoms with van der Waals surface area (Å²) in [6.07, 6.45) is 0. The first-order chi connectivity index (χ1) is 9.04. The van der Waals surface area contributed by atoms with E-state index in [1.54, 1.807) is 0 Å². The molecule has 0 saturated carbocycles. The molecule has 1 aromatic carbocycles. The van der Waals surface area contributed by atoms with E-state index in [1.807, 2.05) is 7.05 Å². The molecule has 2 atom stereocenters. The smallest absolute Gasteiger partial charge is 0.0705 e. The molecule has 0 saturated heterocycles. The molecule has 2 heteroatoms. The first-order valence-corrected chi connectivity index (χ1v) is 7.08. The van der Waals surface area contributed by atoms with Crippen LogP contribution in [0.4, 0.5) is 0 Å². The predicted octanol–water partition coefficient (Wildman–Crippen LogP) is 3.89. The van der Waals surface area contributed by atoms with Crippen molar-refractivity contribution in [3.63, 3.8) is 0 Å². The zero-order valence-electron chi connectivity index (χ0n) is 12.6. The minimum atomic E-state index is 0.423. The van der Waals surface area contributed by atoms with Gasteiger partial charge in [0, 0.05) is 23.0 Å². The third-order valence-electron chi connectivity index (χ3n) is 3.98. The normalized spacial score (nSPS) is 14.8. The van der Waals surface area contributed by atoms with Gasteiger partial charge in [-0.2, -0.15) is 0 Å². The van der Waals surface area contributed by atoms with Crippen molar-refractivity contribution in [3.05, 3.63) is 41.6 Å². The lowest BCUT2D eigenvalue weighted by molar-refractivity contribution is 0.387. The third kappa shape index (κ3) is 2.79. The van der Waals surface area contributed by atoms with E-state index >= 15 is 0 Å². The Bertz CT molecular complexity index is 560. The van der Waals surface area contributed by atoms with E-state index in [2.05, 4.69) is 63.3 Å². The van der Waals surface area contributed by atoms with Gasteiger partial charge in [0.15, 0.2) is 0 Å². The fourth-order valence-electron chi connectivity index (χ4n) is 2.88. The molecule has 2 unspecified atom stereocenters. The van der Waals surface area contributed by atoms with E-state index in [-0.39, 0.29) is 0 Å². The lowest BCUT2D eigenvalue weighted by Crippen LogP contribution is -2.33. The number of aromatic nitrogens is 1. The Kier molecular flexibility index (Phi) is 4.20. The third-order valence-corrected chi connectivity index (χ3v) is 3.98. The van der Waals surface area contributed by atoms with Crippen LogP contribution in [-0.4, -0.2) is 18.1 Å². The molecule has 0 fully saturated rings. The van der Waals surface area contributed by atoms with Gasteiger partial charge in [-0.15, -0.1) is 0 Å². The zero-order valence-corrected chi connectivity index (χ0v) is 12.6. The van der Waals surface area contributed by atoms with Gasteiger partial charge in [-0.1, -0.05) is 32.0 Å². The van der Waals surface area contributed by atoms with Crippen LogP contribution in [0.1, 0.15) is 37.9 Å². The Balaban J connectivity index is 2.56. The number of pyridine rings is 1. The van der Waals surface area contributed by atoms with Crippen molar-refractivity contribution in [1.29, 1.82) is 0 Å². The van der Waals surface area contributed by atoms with Crippen LogP contribution in [0.15, 0.2) is 30.3 Å². The number of hydrogen-bond donors (Lipinski definition) is 1. The zero-order chi connectivity index (χ0) is 14.0. The summed E-state index contributed by atoms with van der Waals surface area (Å²) in [4.78, 5) is 4.93. The molecule has 0 aliphatic rings. The molecule has 0 aliphatic carbocycles. The summed E-state index contributed by atoms with van der Waals surface area (Å²) in [5, 5.41) is 4.61. The van der Waals surface area contributed by atoms with Crippen molar-refractivity contribution >= 4 is 10.9 Å². The average Bonchev–Trinajstić information content (AvgIpc) is 2.39. The average molecular weight is 256 g/mol. The number of likely N-dealkylation sites (N-methyl/N-ethyl adjacent to an activating group) is 1. The van der Waals surface area contributed by atoms with Crippen molar-refractivity contribution in [3.8, 4) is 0 Å². The molecule has 1 aromatic heterocycles. The van der Waals surface area contributed by atoms with Gasteiger partial charge >= 0.3 is 0 Å². The Labute approximate surface area is 116 Å². The molecular weight excluding hydrogens is 232 g/mol. The van der Waals surface area contributed by atoms with E-state index in [4.69, 9.17) is 4.98 Å². The summed E-state index contributed by atoms with van der Waals surface area (Å²) in [5.74, 6) is 1.00. The maximum absolute atomic E-state index is 4.93. The molecule has 19 heavy (non-hydrogen) atoms. The molecule has 2 aromatic rings. The van der Waals surface area contributed by atoms with Gasteiger partial charge in [-0.05, 0) is 44.5 Å². The maximum atomic E-state index is 4.93. The van der Waals surface area contributed by atoms with Crippen LogP contribution >= 0.6 is 0 Å². The second-order valence-electron chi connectivity index (χ2n) is 5.73. The van der Waals surface area contributed by atoms with Crippen LogP contribution < -0.4 is 5.32 Å². The molecule has 102 valence electrons. The molecule has 0 bridgehead atoms. The highest BCUT2D eigenvalue weighted by molar-refractivity contribution is 5.79. The Hall–Kier alpha value is -1.41. The minimum Gasteiger partial charge on any atom is -0.317 e. The lowest BCUT2D eigenvalue weighted by Gasteiger charge is -2.28. The summed E-state index contributed by atoms with van der Waals surface area (Å²) in [7, 11) is 2.02. The van der Waals surface area contributed by atoms with Gasteiger partial charge in [0.25, 0.3) is 0 Å². The van der Waals surface area contributed by atoms with Gasteiger partial charge < -0.3 is 5.32 Å². The summed E-state index contributed by atoms with van der Waals surface area (Å²) in [6.45, 7) is 8.96. The Morgan fingerprint density at radius 3 is 2.42 bits per heavy atom. The summed E-state index contributed by atoms with van der Waals surface area (Å²) in [6, 6.07) is 11.0. The highest BCUT2D eigenvalue weighted by Crippen LogP contribution is 2.30. The van der Waals surface area contributed by atoms with Crippen LogP contribution in [0.25, 0.3) is 10.9 Å². The standard InChI is InChI=1S/C17H24N2/c1-11(2)16(13(4)18-5)17-12(3)10-14-8-6-7-9-15(14)19-17/h6-11,13,16,18H,1-5H3. The van der Waals surface area contributed by atoms with Crippen LogP contribution in [0.2, 0.25) is 0 Å². The molecule has 2 rings (SSSR count). The van der Waals surface area contributed by atoms with Crippen molar-refractivity contribution in [2.24, 2.45) is 5.92 Å². The van der Waals surface area contributed by atoms with E-state index in [9.17, 15) is 0 Å². The molecule has 0 aliphatic heterocycles. The predicted molar refractivity (Wildman–Crippen MR) is 82.6 cm³/mol. The van der Waals surface area contributed by atoms with E-state index in [1.165, 1.54) is 16.6 Å². The number of benzene rings is 1. The Morgan fingerprint density at radius 2 is 1.79 bits per heavy atom. The topological polar surface area (TPSA) is 24.9 Å². The maximum Gasteiger partial charge on any atom is 0.0705 e. The second kappa shape index (κ2) is 5.70. The van der Waals surface area contributed by atoms with E-state index in [0.29, 0.717) is 17.9 Å². The number of fused-ring (bicyclic) bond motifs is 1. The van der Waals surface area contributed by atoms with Gasteiger partial charge in [0.2, 0.25) is 0 Å². The SMILES string of the molecule is CNC(C)C(c1nc2ccccc2cc1C)C(C)C. The molecule has 1 N–H and O–H groups in total. The molecule has 0 amide bonds. The fraction of sp³-hybridized carbons (Fsp3) is 0.471. The Morgan fingerprint density at radius 1 is 1.11 bits per heavy atom. The molecule has 0 radical (unpaired) electrons. The van der Waals surface area contributed by atoms with Crippen LogP contribution in [0, 0.1) is 12.8 Å². The van der Waals surface area contributed by atoms with Gasteiger partial charge in [-0.3, -0.25) is 4.98 Å². The molecule has 0 spiro atoms. The number of nitrogens with one attached hydrogen (secondary N) is 1. The molecule has 1 heterocycles. The number of hydrogen-bond acceptors (Lipinski definition) is 2. The fourth-order valence-corrected chi connectivity index (χ4v) is 2.88. The van der Waals surface area contributed by atoms with Gasteiger partial charge in [-0.25, -0.2) is 0 Å². The van der Waals surface area contributed by atoms with Crippen molar-refractivity contribution in [2.45, 2.75) is 39.7 Å². The van der Waals surface area contributed by atoms with E-state index < -0.39 is 0 Å². The number of nitrogens with zero attached hydrogens (tertiary/aromatic N) is 1. The van der Waals surface area contributed by atoms with Crippen LogP contribution in [0.3, 0.4) is 0 Å². The largest absolute Gasteiger partial charge is 0.317 e. The van der Waals surface area contributed by atoms with Crippen molar-refractivity contribution < 1.29 is 0 Å². The highest BCUT2D eigenvalue weighted by Gasteiger charge is 2.24. The quantitative estimate of drug-likeness (QED) is 0.897. The first kappa shape index (κ1) is 14.0. The van der Waals surface area contributed by atoms with Crippen molar-refractivity contribution in [2.75, 3.05) is 7.05 Å². The van der Waals surface area contributed by atoms with Crippen molar-refractivity contribution in [1.82, 2.24) is 10.3 Å². The summed E-state index contributed by atoms with van der Waals surface area (Å²) < 4.78 is 0. The van der Waals surface area contributed by atoms with Crippen LogP contribution in [0.5, 0.6) is 0 Å². The van der Waals surface area contributed by atoms with Crippen LogP contribution in [-0.2, 0) is 0 Å². The number of para-hydroxylation sites is 1. The first-order valence-electron chi connectivity index (χ1n) is 7.08. The van der Waals surface area contributed by atoms with E-state index in [0.717, 1.165) is 5.52 Å². The second-order valence-corrected chi connectivity index (χ2v) is 5.73. The summed E-state index contributed by atoms with van der Waals surface area (Å²) in [5.41, 5.74) is 3.62. The minimum absolute atomic E-state index is 0.423. The number of rotatable bonds is 4. The highest BCUT2D eigenvalue weighted by atomic mass is 14.9. The molecule has 2 nitrogen and oxygen atoms in total. The summed E-state index contributed by atoms with van der Waals surface area (Å²) >= 11 is 0. The monoisotopic (exact) mass is 256 g/mol. The number of aryl methyl sites for hydroxylation is 1.